The molecule has 8 heteroatoms. The van der Waals surface area contributed by atoms with E-state index in [9.17, 15) is 18.7 Å². The van der Waals surface area contributed by atoms with Gasteiger partial charge in [0.2, 0.25) is 0 Å². The molecule has 0 aliphatic carbocycles. The minimum Gasteiger partial charge on any atom is -0.423 e. The van der Waals surface area contributed by atoms with Crippen LogP contribution in [0.1, 0.15) is 24.4 Å². The molecule has 0 bridgehead atoms. The van der Waals surface area contributed by atoms with E-state index >= 15 is 0 Å². The first-order chi connectivity index (χ1) is 12.8. The third kappa shape index (κ3) is 2.73. The normalized spacial score (nSPS) is 16.9. The first kappa shape index (κ1) is 17.4. The summed E-state index contributed by atoms with van der Waals surface area (Å²) in [6.07, 6.45) is -5.05. The highest BCUT2D eigenvalue weighted by molar-refractivity contribution is 6.01. The van der Waals surface area contributed by atoms with Gasteiger partial charge in [-0.15, -0.1) is 0 Å². The van der Waals surface area contributed by atoms with Crippen molar-refractivity contribution in [2.24, 2.45) is 7.05 Å². The Hall–Kier alpha value is -3.00. The molecule has 1 aliphatic rings. The van der Waals surface area contributed by atoms with E-state index in [2.05, 4.69) is 9.72 Å². The van der Waals surface area contributed by atoms with Gasteiger partial charge in [-0.05, 0) is 25.1 Å². The van der Waals surface area contributed by atoms with Crippen LogP contribution >= 0.6 is 0 Å². The number of hydrogen-bond donors (Lipinski definition) is 1. The van der Waals surface area contributed by atoms with Crippen molar-refractivity contribution in [1.29, 1.82) is 0 Å². The molecule has 0 saturated carbocycles. The molecule has 27 heavy (non-hydrogen) atoms. The predicted octanol–water partition coefficient (Wildman–Crippen LogP) is 3.15. The highest BCUT2D eigenvalue weighted by atomic mass is 19.3. The van der Waals surface area contributed by atoms with Crippen molar-refractivity contribution >= 4 is 22.6 Å². The van der Waals surface area contributed by atoms with E-state index in [0.717, 1.165) is 10.4 Å². The number of aryl methyl sites for hydroxylation is 1. The number of aromatic nitrogens is 2. The molecular formula is C19H17F2N3O3. The number of fused-ring (bicyclic) bond motifs is 2. The Morgan fingerprint density at radius 3 is 2.67 bits per heavy atom. The number of anilines is 1. The van der Waals surface area contributed by atoms with Gasteiger partial charge in [-0.1, -0.05) is 24.3 Å². The van der Waals surface area contributed by atoms with Crippen LogP contribution in [0.25, 0.3) is 11.0 Å². The van der Waals surface area contributed by atoms with Crippen LogP contribution in [0.2, 0.25) is 0 Å². The van der Waals surface area contributed by atoms with E-state index in [4.69, 9.17) is 0 Å². The fraction of sp³-hybridized carbons (Fsp3) is 0.263. The van der Waals surface area contributed by atoms with Crippen molar-refractivity contribution in [3.8, 4) is 5.75 Å². The fourth-order valence-electron chi connectivity index (χ4n) is 3.27. The molecule has 0 spiro atoms. The molecular weight excluding hydrogens is 356 g/mol. The van der Waals surface area contributed by atoms with Gasteiger partial charge in [-0.2, -0.15) is 8.78 Å². The van der Waals surface area contributed by atoms with Crippen LogP contribution in [0.3, 0.4) is 0 Å². The molecule has 0 radical (unpaired) electrons. The van der Waals surface area contributed by atoms with Gasteiger partial charge >= 0.3 is 12.0 Å². The lowest BCUT2D eigenvalue weighted by Gasteiger charge is -2.34. The average molecular weight is 373 g/mol. The summed E-state index contributed by atoms with van der Waals surface area (Å²) in [6.45, 7) is 1.29. The van der Waals surface area contributed by atoms with Crippen molar-refractivity contribution in [2.75, 3.05) is 4.90 Å². The quantitative estimate of drug-likeness (QED) is 0.766. The van der Waals surface area contributed by atoms with Gasteiger partial charge in [-0.25, -0.2) is 4.98 Å². The van der Waals surface area contributed by atoms with Crippen LogP contribution < -0.4 is 9.64 Å². The highest BCUT2D eigenvalue weighted by Gasteiger charge is 2.51. The number of para-hydroxylation sites is 3. The second-order valence-corrected chi connectivity index (χ2v) is 6.46. The van der Waals surface area contributed by atoms with Crippen LogP contribution in [0.4, 0.5) is 14.5 Å². The summed E-state index contributed by atoms with van der Waals surface area (Å²) in [6, 6.07) is 11.9. The van der Waals surface area contributed by atoms with Gasteiger partial charge in [0.1, 0.15) is 5.82 Å². The molecule has 140 valence electrons. The number of carbonyl (C=O) groups is 1. The molecule has 2 heterocycles. The molecule has 1 amide bonds. The molecule has 4 rings (SSSR count). The zero-order chi connectivity index (χ0) is 19.3. The van der Waals surface area contributed by atoms with E-state index < -0.39 is 18.1 Å². The summed E-state index contributed by atoms with van der Waals surface area (Å²) in [5.41, 5.74) is 1.91. The van der Waals surface area contributed by atoms with E-state index in [1.54, 1.807) is 17.7 Å². The molecule has 1 aliphatic heterocycles. The number of hydrogen-bond acceptors (Lipinski definition) is 4. The Balaban J connectivity index is 1.83. The summed E-state index contributed by atoms with van der Waals surface area (Å²) in [7, 11) is 1.76. The number of rotatable bonds is 3. The van der Waals surface area contributed by atoms with Gasteiger partial charge in [0.05, 0.1) is 29.4 Å². The van der Waals surface area contributed by atoms with Crippen molar-refractivity contribution in [2.45, 2.75) is 25.7 Å². The Labute approximate surface area is 153 Å². The van der Waals surface area contributed by atoms with E-state index in [1.807, 2.05) is 24.3 Å². The van der Waals surface area contributed by atoms with Crippen LogP contribution in [-0.2, 0) is 18.4 Å². The number of benzene rings is 2. The smallest absolute Gasteiger partial charge is 0.423 e. The molecule has 3 aromatic rings. The van der Waals surface area contributed by atoms with Crippen molar-refractivity contribution < 1.29 is 23.4 Å². The molecule has 1 N–H and O–H groups in total. The van der Waals surface area contributed by atoms with Crippen LogP contribution in [-0.4, -0.2) is 26.7 Å². The number of amides is 1. The van der Waals surface area contributed by atoms with Crippen molar-refractivity contribution in [1.82, 2.24) is 9.55 Å². The molecule has 0 saturated heterocycles. The van der Waals surface area contributed by atoms with E-state index in [0.29, 0.717) is 11.3 Å². The largest absolute Gasteiger partial charge is 0.483 e. The zero-order valence-electron chi connectivity index (χ0n) is 14.7. The maximum Gasteiger partial charge on any atom is 0.483 e. The molecule has 1 aromatic heterocycles. The lowest BCUT2D eigenvalue weighted by atomic mass is 10.1. The summed E-state index contributed by atoms with van der Waals surface area (Å²) in [4.78, 5) is 17.8. The lowest BCUT2D eigenvalue weighted by Crippen LogP contribution is -2.51. The Kier molecular flexibility index (Phi) is 3.88. The third-order valence-corrected chi connectivity index (χ3v) is 4.67. The molecule has 1 atom stereocenters. The maximum absolute atomic E-state index is 14.3. The Morgan fingerprint density at radius 2 is 1.96 bits per heavy atom. The summed E-state index contributed by atoms with van der Waals surface area (Å²) in [5.74, 6) is -1.21. The Morgan fingerprint density at radius 1 is 1.22 bits per heavy atom. The maximum atomic E-state index is 14.3. The second kappa shape index (κ2) is 6.02. The second-order valence-electron chi connectivity index (χ2n) is 6.46. The first-order valence-electron chi connectivity index (χ1n) is 8.39. The van der Waals surface area contributed by atoms with E-state index in [-0.39, 0.29) is 23.5 Å². The minimum absolute atomic E-state index is 0.154. The number of ether oxygens (including phenoxy) is 1. The SMILES string of the molecule is C[C@H](O)c1cccc2c1OC(F)(F)C(=O)N2Cc1nc2ccccc2n1C. The average Bonchev–Trinajstić information content (AvgIpc) is 2.94. The molecule has 0 fully saturated rings. The van der Waals surface area contributed by atoms with Gasteiger partial charge in [-0.3, -0.25) is 9.69 Å². The number of alkyl halides is 2. The molecule has 2 aromatic carbocycles. The van der Waals surface area contributed by atoms with Gasteiger partial charge in [0, 0.05) is 12.6 Å². The molecule has 0 unspecified atom stereocenters. The standard InChI is InChI=1S/C19H17F2N3O3/c1-11(25)12-6-5-9-15-17(12)27-19(20,21)18(26)24(15)10-16-22-13-7-3-4-8-14(13)23(16)2/h3-9,11,25H,10H2,1-2H3/t11-/m0/s1. The minimum atomic E-state index is -4.03. The topological polar surface area (TPSA) is 67.6 Å². The van der Waals surface area contributed by atoms with E-state index in [1.165, 1.54) is 19.1 Å². The highest BCUT2D eigenvalue weighted by Crippen LogP contribution is 2.44. The summed E-state index contributed by atoms with van der Waals surface area (Å²) < 4.78 is 34.9. The monoisotopic (exact) mass is 373 g/mol. The summed E-state index contributed by atoms with van der Waals surface area (Å²) in [5, 5.41) is 9.89. The third-order valence-electron chi connectivity index (χ3n) is 4.67. The number of halogens is 2. The van der Waals surface area contributed by atoms with Crippen LogP contribution in [0, 0.1) is 0 Å². The predicted molar refractivity (Wildman–Crippen MR) is 94.6 cm³/mol. The number of nitrogens with zero attached hydrogens (tertiary/aromatic N) is 3. The zero-order valence-corrected chi connectivity index (χ0v) is 14.7. The number of imidazole rings is 1. The summed E-state index contributed by atoms with van der Waals surface area (Å²) >= 11 is 0. The van der Waals surface area contributed by atoms with Gasteiger partial charge in [0.25, 0.3) is 0 Å². The van der Waals surface area contributed by atoms with Crippen molar-refractivity contribution in [3.63, 3.8) is 0 Å². The van der Waals surface area contributed by atoms with Crippen molar-refractivity contribution in [3.05, 3.63) is 53.9 Å². The van der Waals surface area contributed by atoms with Gasteiger partial charge < -0.3 is 14.4 Å². The molecule has 6 nitrogen and oxygen atoms in total. The number of aliphatic hydroxyl groups is 1. The van der Waals surface area contributed by atoms with Gasteiger partial charge in [0.15, 0.2) is 5.75 Å². The first-order valence-corrected chi connectivity index (χ1v) is 8.39. The fourth-order valence-corrected chi connectivity index (χ4v) is 3.27. The number of carbonyl (C=O) groups excluding carboxylic acids is 1. The Bertz CT molecular complexity index is 1050. The van der Waals surface area contributed by atoms with Crippen LogP contribution in [0.5, 0.6) is 5.75 Å². The number of aliphatic hydroxyl groups excluding tert-OH is 1. The van der Waals surface area contributed by atoms with Crippen LogP contribution in [0.15, 0.2) is 42.5 Å². The lowest BCUT2D eigenvalue weighted by molar-refractivity contribution is -0.193.